The number of benzene rings is 1. The van der Waals surface area contributed by atoms with E-state index in [1.807, 2.05) is 6.07 Å². The molecule has 0 heterocycles. The average molecular weight is 235 g/mol. The fraction of sp³-hybridized carbons (Fsp3) is 0.571. The summed E-state index contributed by atoms with van der Waals surface area (Å²) in [6.45, 7) is 1.45. The molecule has 1 aliphatic carbocycles. The van der Waals surface area contributed by atoms with E-state index in [1.165, 1.54) is 17.5 Å². The first-order valence-corrected chi connectivity index (χ1v) is 6.31. The van der Waals surface area contributed by atoms with Crippen molar-refractivity contribution in [3.63, 3.8) is 0 Å². The molecule has 0 aromatic heterocycles. The minimum Gasteiger partial charge on any atom is -0.493 e. The summed E-state index contributed by atoms with van der Waals surface area (Å²) in [5.74, 6) is 0.953. The lowest BCUT2D eigenvalue weighted by atomic mass is 9.88. The summed E-state index contributed by atoms with van der Waals surface area (Å²) in [5.41, 5.74) is 8.73. The van der Waals surface area contributed by atoms with Crippen LogP contribution in [0.25, 0.3) is 0 Å². The fourth-order valence-electron chi connectivity index (χ4n) is 2.31. The number of methoxy groups -OCH3 is 1. The van der Waals surface area contributed by atoms with Crippen molar-refractivity contribution in [1.82, 2.24) is 0 Å². The van der Waals surface area contributed by atoms with Crippen LogP contribution < -0.4 is 10.5 Å². The zero-order valence-electron chi connectivity index (χ0n) is 10.4. The molecule has 0 amide bonds. The van der Waals surface area contributed by atoms with Crippen LogP contribution >= 0.6 is 0 Å². The fourth-order valence-corrected chi connectivity index (χ4v) is 2.31. The summed E-state index contributed by atoms with van der Waals surface area (Å²) >= 11 is 0. The molecule has 0 spiro atoms. The number of nitrogens with two attached hydrogens (primary N) is 1. The van der Waals surface area contributed by atoms with E-state index in [0.717, 1.165) is 31.6 Å². The topological polar surface area (TPSA) is 44.5 Å². The molecule has 1 aromatic rings. The van der Waals surface area contributed by atoms with E-state index in [4.69, 9.17) is 15.2 Å². The third kappa shape index (κ3) is 3.20. The lowest BCUT2D eigenvalue weighted by Gasteiger charge is -2.22. The highest BCUT2D eigenvalue weighted by molar-refractivity contribution is 5.38. The Morgan fingerprint density at radius 3 is 3.06 bits per heavy atom. The first kappa shape index (κ1) is 12.4. The molecule has 1 aromatic carbocycles. The van der Waals surface area contributed by atoms with E-state index in [0.29, 0.717) is 6.61 Å². The zero-order valence-corrected chi connectivity index (χ0v) is 10.4. The van der Waals surface area contributed by atoms with Crippen molar-refractivity contribution < 1.29 is 9.47 Å². The molecular weight excluding hydrogens is 214 g/mol. The molecule has 0 fully saturated rings. The Kier molecular flexibility index (Phi) is 4.40. The van der Waals surface area contributed by atoms with Gasteiger partial charge in [-0.1, -0.05) is 6.07 Å². The van der Waals surface area contributed by atoms with Gasteiger partial charge in [0, 0.05) is 26.2 Å². The van der Waals surface area contributed by atoms with Crippen molar-refractivity contribution >= 4 is 0 Å². The smallest absolute Gasteiger partial charge is 0.119 e. The van der Waals surface area contributed by atoms with Crippen molar-refractivity contribution in [3.8, 4) is 5.75 Å². The lowest BCUT2D eigenvalue weighted by molar-refractivity contribution is 0.172. The Balaban J connectivity index is 1.96. The normalized spacial score (nSPS) is 18.8. The average Bonchev–Trinajstić information content (AvgIpc) is 2.35. The Morgan fingerprint density at radius 1 is 1.35 bits per heavy atom. The molecule has 0 radical (unpaired) electrons. The van der Waals surface area contributed by atoms with Crippen LogP contribution in [0.1, 0.15) is 36.4 Å². The highest BCUT2D eigenvalue weighted by Gasteiger charge is 2.16. The van der Waals surface area contributed by atoms with Crippen LogP contribution in [-0.2, 0) is 11.2 Å². The van der Waals surface area contributed by atoms with Gasteiger partial charge in [-0.25, -0.2) is 0 Å². The maximum absolute atomic E-state index is 6.08. The molecule has 0 saturated heterocycles. The van der Waals surface area contributed by atoms with Gasteiger partial charge in [0.25, 0.3) is 0 Å². The summed E-state index contributed by atoms with van der Waals surface area (Å²) in [4.78, 5) is 0. The second-order valence-corrected chi connectivity index (χ2v) is 4.55. The van der Waals surface area contributed by atoms with Crippen molar-refractivity contribution in [3.05, 3.63) is 29.3 Å². The summed E-state index contributed by atoms with van der Waals surface area (Å²) in [5, 5.41) is 0. The van der Waals surface area contributed by atoms with Gasteiger partial charge in [0.15, 0.2) is 0 Å². The number of fused-ring (bicyclic) bond motifs is 1. The van der Waals surface area contributed by atoms with Crippen LogP contribution in [0.5, 0.6) is 5.75 Å². The van der Waals surface area contributed by atoms with Crippen molar-refractivity contribution in [2.45, 2.75) is 31.7 Å². The molecule has 1 aliphatic rings. The van der Waals surface area contributed by atoms with E-state index in [9.17, 15) is 0 Å². The Morgan fingerprint density at radius 2 is 2.24 bits per heavy atom. The molecule has 2 N–H and O–H groups in total. The monoisotopic (exact) mass is 235 g/mol. The largest absolute Gasteiger partial charge is 0.493 e. The van der Waals surface area contributed by atoms with Gasteiger partial charge in [0.05, 0.1) is 6.61 Å². The van der Waals surface area contributed by atoms with Gasteiger partial charge in [0.1, 0.15) is 5.75 Å². The number of hydrogen-bond acceptors (Lipinski definition) is 3. The van der Waals surface area contributed by atoms with Gasteiger partial charge in [-0.15, -0.1) is 0 Å². The maximum atomic E-state index is 6.08. The third-order valence-corrected chi connectivity index (χ3v) is 3.24. The molecule has 1 unspecified atom stereocenters. The molecule has 0 aliphatic heterocycles. The minimum absolute atomic E-state index is 0.210. The lowest BCUT2D eigenvalue weighted by Crippen LogP contribution is -2.17. The van der Waals surface area contributed by atoms with Gasteiger partial charge >= 0.3 is 0 Å². The van der Waals surface area contributed by atoms with Crippen LogP contribution in [0.3, 0.4) is 0 Å². The third-order valence-electron chi connectivity index (χ3n) is 3.24. The summed E-state index contributed by atoms with van der Waals surface area (Å²) < 4.78 is 10.7. The maximum Gasteiger partial charge on any atom is 0.119 e. The molecule has 2 rings (SSSR count). The zero-order chi connectivity index (χ0) is 12.1. The van der Waals surface area contributed by atoms with Gasteiger partial charge < -0.3 is 15.2 Å². The van der Waals surface area contributed by atoms with Crippen LogP contribution in [0.2, 0.25) is 0 Å². The van der Waals surface area contributed by atoms with E-state index < -0.39 is 0 Å². The second-order valence-electron chi connectivity index (χ2n) is 4.55. The van der Waals surface area contributed by atoms with Crippen molar-refractivity contribution in [2.24, 2.45) is 5.73 Å². The second kappa shape index (κ2) is 6.03. The van der Waals surface area contributed by atoms with Crippen LogP contribution in [0, 0.1) is 0 Å². The number of ether oxygens (including phenoxy) is 2. The predicted octanol–water partition coefficient (Wildman–Crippen LogP) is 2.44. The van der Waals surface area contributed by atoms with Gasteiger partial charge in [-0.05, 0) is 42.5 Å². The van der Waals surface area contributed by atoms with Crippen LogP contribution in [0.15, 0.2) is 18.2 Å². The number of rotatable bonds is 5. The number of hydrogen-bond donors (Lipinski definition) is 1. The quantitative estimate of drug-likeness (QED) is 0.797. The summed E-state index contributed by atoms with van der Waals surface area (Å²) in [6.07, 6.45) is 4.33. The Hall–Kier alpha value is -1.06. The van der Waals surface area contributed by atoms with E-state index >= 15 is 0 Å². The van der Waals surface area contributed by atoms with Crippen molar-refractivity contribution in [1.29, 1.82) is 0 Å². The van der Waals surface area contributed by atoms with E-state index in [1.54, 1.807) is 7.11 Å². The van der Waals surface area contributed by atoms with Crippen LogP contribution in [0.4, 0.5) is 0 Å². The summed E-state index contributed by atoms with van der Waals surface area (Å²) in [6, 6.07) is 6.49. The number of aryl methyl sites for hydroxylation is 1. The molecule has 0 bridgehead atoms. The van der Waals surface area contributed by atoms with E-state index in [-0.39, 0.29) is 6.04 Å². The molecule has 3 heteroatoms. The SMILES string of the molecule is COCCCOc1ccc2c(c1)CCCC2N. The van der Waals surface area contributed by atoms with Gasteiger partial charge in [-0.2, -0.15) is 0 Å². The van der Waals surface area contributed by atoms with Gasteiger partial charge in [-0.3, -0.25) is 0 Å². The Bertz CT molecular complexity index is 365. The van der Waals surface area contributed by atoms with Crippen molar-refractivity contribution in [2.75, 3.05) is 20.3 Å². The molecular formula is C14H21NO2. The Labute approximate surface area is 103 Å². The molecule has 94 valence electrons. The predicted molar refractivity (Wildman–Crippen MR) is 68.3 cm³/mol. The van der Waals surface area contributed by atoms with E-state index in [2.05, 4.69) is 12.1 Å². The highest BCUT2D eigenvalue weighted by atomic mass is 16.5. The molecule has 0 saturated carbocycles. The summed E-state index contributed by atoms with van der Waals surface area (Å²) in [7, 11) is 1.71. The molecule has 3 nitrogen and oxygen atoms in total. The highest BCUT2D eigenvalue weighted by Crippen LogP contribution is 2.30. The first-order chi connectivity index (χ1) is 8.31. The molecule has 1 atom stereocenters. The standard InChI is InChI=1S/C14H21NO2/c1-16-8-3-9-17-12-6-7-13-11(10-12)4-2-5-14(13)15/h6-7,10,14H,2-5,8-9,15H2,1H3. The van der Waals surface area contributed by atoms with Gasteiger partial charge in [0.2, 0.25) is 0 Å². The van der Waals surface area contributed by atoms with Crippen LogP contribution in [-0.4, -0.2) is 20.3 Å². The molecule has 17 heavy (non-hydrogen) atoms. The minimum atomic E-state index is 0.210. The first-order valence-electron chi connectivity index (χ1n) is 6.31.